The maximum absolute atomic E-state index is 12.7. The average Bonchev–Trinajstić information content (AvgIpc) is 3.02. The Kier molecular flexibility index (Phi) is 6.14. The number of amides is 1. The van der Waals surface area contributed by atoms with Crippen LogP contribution in [0.1, 0.15) is 42.6 Å². The molecule has 0 radical (unpaired) electrons. The summed E-state index contributed by atoms with van der Waals surface area (Å²) in [5, 5.41) is 3.73. The van der Waals surface area contributed by atoms with E-state index in [9.17, 15) is 9.59 Å². The Balaban J connectivity index is 1.54. The molecule has 0 aliphatic carbocycles. The fourth-order valence-electron chi connectivity index (χ4n) is 3.33. The molecule has 0 bridgehead atoms. The van der Waals surface area contributed by atoms with Gasteiger partial charge in [0.2, 0.25) is 5.91 Å². The molecule has 2 heterocycles. The monoisotopic (exact) mass is 371 g/mol. The van der Waals surface area contributed by atoms with Crippen LogP contribution in [0.25, 0.3) is 0 Å². The van der Waals surface area contributed by atoms with E-state index >= 15 is 0 Å². The van der Waals surface area contributed by atoms with Gasteiger partial charge >= 0.3 is 0 Å². The fraction of sp³-hybridized carbons (Fsp3) is 0.450. The summed E-state index contributed by atoms with van der Waals surface area (Å²) in [4.78, 5) is 29.5. The third kappa shape index (κ3) is 4.18. The lowest BCUT2D eigenvalue weighted by Gasteiger charge is -2.15. The molecule has 0 spiro atoms. The summed E-state index contributed by atoms with van der Waals surface area (Å²) >= 11 is 1.56. The minimum absolute atomic E-state index is 0.00188. The second kappa shape index (κ2) is 8.54. The quantitative estimate of drug-likeness (QED) is 0.600. The lowest BCUT2D eigenvalue weighted by molar-refractivity contribution is -0.121. The number of nitrogens with zero attached hydrogens (tertiary/aromatic N) is 2. The van der Waals surface area contributed by atoms with Crippen LogP contribution >= 0.6 is 11.8 Å². The van der Waals surface area contributed by atoms with Crippen molar-refractivity contribution in [2.75, 3.05) is 12.3 Å². The van der Waals surface area contributed by atoms with Gasteiger partial charge in [0.15, 0.2) is 5.16 Å². The van der Waals surface area contributed by atoms with Crippen molar-refractivity contribution in [3.05, 3.63) is 57.5 Å². The number of benzene rings is 1. The van der Waals surface area contributed by atoms with Crippen molar-refractivity contribution < 1.29 is 4.79 Å². The topological polar surface area (TPSA) is 64.0 Å². The van der Waals surface area contributed by atoms with E-state index in [1.165, 1.54) is 5.56 Å². The molecule has 0 fully saturated rings. The summed E-state index contributed by atoms with van der Waals surface area (Å²) in [6, 6.07) is 10.2. The first kappa shape index (κ1) is 18.7. The van der Waals surface area contributed by atoms with Gasteiger partial charge in [-0.1, -0.05) is 49.0 Å². The predicted octanol–water partition coefficient (Wildman–Crippen LogP) is 2.90. The largest absolute Gasteiger partial charge is 0.356 e. The van der Waals surface area contributed by atoms with Crippen LogP contribution in [0, 0.1) is 6.92 Å². The highest BCUT2D eigenvalue weighted by molar-refractivity contribution is 7.99. The third-order valence-corrected chi connectivity index (χ3v) is 5.83. The summed E-state index contributed by atoms with van der Waals surface area (Å²) in [6.07, 6.45) is 2.86. The first-order valence-electron chi connectivity index (χ1n) is 9.15. The number of carbonyl (C=O) groups is 1. The molecular weight excluding hydrogens is 346 g/mol. The lowest BCUT2D eigenvalue weighted by Crippen LogP contribution is -2.33. The summed E-state index contributed by atoms with van der Waals surface area (Å²) in [5.41, 5.74) is 2.86. The Hall–Kier alpha value is -2.08. The number of aryl methyl sites for hydroxylation is 2. The second-order valence-corrected chi connectivity index (χ2v) is 7.58. The van der Waals surface area contributed by atoms with Gasteiger partial charge in [-0.15, -0.1) is 0 Å². The summed E-state index contributed by atoms with van der Waals surface area (Å²) in [7, 11) is 0. The van der Waals surface area contributed by atoms with Gasteiger partial charge in [0.25, 0.3) is 5.56 Å². The number of fused-ring (bicyclic) bond motifs is 1. The van der Waals surface area contributed by atoms with Crippen LogP contribution in [0.15, 0.2) is 40.3 Å². The number of thioether (sulfide) groups is 1. The van der Waals surface area contributed by atoms with Gasteiger partial charge < -0.3 is 5.32 Å². The van der Waals surface area contributed by atoms with Crippen LogP contribution in [0.5, 0.6) is 0 Å². The van der Waals surface area contributed by atoms with Crippen LogP contribution in [0.2, 0.25) is 0 Å². The molecule has 0 saturated heterocycles. The Bertz CT molecular complexity index is 833. The summed E-state index contributed by atoms with van der Waals surface area (Å²) in [6.45, 7) is 4.50. The standard InChI is InChI=1S/C20H25N3O2S/c1-3-17-14(2)22-20-23(19(17)25)16(13-26-20)12-18(24)21-11-7-10-15-8-5-4-6-9-15/h4-6,8-9,16H,3,7,10-13H2,1-2H3,(H,21,24). The van der Waals surface area contributed by atoms with Crippen molar-refractivity contribution in [2.24, 2.45) is 0 Å². The normalized spacial score (nSPS) is 15.7. The molecule has 1 amide bonds. The van der Waals surface area contributed by atoms with Crippen LogP contribution in [0.4, 0.5) is 0 Å². The highest BCUT2D eigenvalue weighted by Crippen LogP contribution is 2.32. The van der Waals surface area contributed by atoms with Crippen molar-refractivity contribution in [1.82, 2.24) is 14.9 Å². The number of hydrogen-bond acceptors (Lipinski definition) is 4. The first-order chi connectivity index (χ1) is 12.6. The number of hydrogen-bond donors (Lipinski definition) is 1. The molecule has 5 nitrogen and oxygen atoms in total. The molecule has 1 aromatic heterocycles. The van der Waals surface area contributed by atoms with Gasteiger partial charge in [0.05, 0.1) is 6.04 Å². The van der Waals surface area contributed by atoms with Crippen LogP contribution in [-0.2, 0) is 17.6 Å². The van der Waals surface area contributed by atoms with Crippen molar-refractivity contribution in [2.45, 2.75) is 50.7 Å². The number of carbonyl (C=O) groups excluding carboxylic acids is 1. The van der Waals surface area contributed by atoms with E-state index in [2.05, 4.69) is 22.4 Å². The number of aromatic nitrogens is 2. The Morgan fingerprint density at radius 1 is 1.35 bits per heavy atom. The van der Waals surface area contributed by atoms with Crippen LogP contribution < -0.4 is 10.9 Å². The van der Waals surface area contributed by atoms with Crippen LogP contribution in [-0.4, -0.2) is 27.8 Å². The predicted molar refractivity (Wildman–Crippen MR) is 105 cm³/mol. The van der Waals surface area contributed by atoms with Crippen molar-refractivity contribution >= 4 is 17.7 Å². The minimum atomic E-state index is -0.102. The molecule has 1 N–H and O–H groups in total. The van der Waals surface area contributed by atoms with E-state index in [4.69, 9.17) is 0 Å². The summed E-state index contributed by atoms with van der Waals surface area (Å²) < 4.78 is 1.72. The molecular formula is C20H25N3O2S. The van der Waals surface area contributed by atoms with Crippen molar-refractivity contribution in [1.29, 1.82) is 0 Å². The molecule has 2 aromatic rings. The SMILES string of the molecule is CCc1c(C)nc2n(c1=O)C(CC(=O)NCCCc1ccccc1)CS2. The lowest BCUT2D eigenvalue weighted by atomic mass is 10.1. The minimum Gasteiger partial charge on any atom is -0.356 e. The van der Waals surface area contributed by atoms with Gasteiger partial charge in [-0.05, 0) is 31.7 Å². The molecule has 3 rings (SSSR count). The molecule has 138 valence electrons. The van der Waals surface area contributed by atoms with Gasteiger partial charge in [0.1, 0.15) is 0 Å². The van der Waals surface area contributed by atoms with E-state index in [1.54, 1.807) is 16.3 Å². The smallest absolute Gasteiger partial charge is 0.257 e. The molecule has 1 unspecified atom stereocenters. The zero-order chi connectivity index (χ0) is 18.5. The van der Waals surface area contributed by atoms with E-state index in [1.807, 2.05) is 32.0 Å². The van der Waals surface area contributed by atoms with E-state index < -0.39 is 0 Å². The van der Waals surface area contributed by atoms with Crippen molar-refractivity contribution in [3.63, 3.8) is 0 Å². The molecule has 26 heavy (non-hydrogen) atoms. The number of rotatable bonds is 7. The van der Waals surface area contributed by atoms with E-state index in [-0.39, 0.29) is 17.5 Å². The van der Waals surface area contributed by atoms with Crippen molar-refractivity contribution in [3.8, 4) is 0 Å². The fourth-order valence-corrected chi connectivity index (χ4v) is 4.51. The molecule has 1 aliphatic rings. The Morgan fingerprint density at radius 3 is 2.85 bits per heavy atom. The zero-order valence-electron chi connectivity index (χ0n) is 15.3. The molecule has 6 heteroatoms. The first-order valence-corrected chi connectivity index (χ1v) is 10.1. The van der Waals surface area contributed by atoms with E-state index in [0.29, 0.717) is 19.4 Å². The highest BCUT2D eigenvalue weighted by atomic mass is 32.2. The van der Waals surface area contributed by atoms with Gasteiger partial charge in [0, 0.05) is 30.0 Å². The zero-order valence-corrected chi connectivity index (χ0v) is 16.1. The molecule has 1 aromatic carbocycles. The van der Waals surface area contributed by atoms with E-state index in [0.717, 1.165) is 35.0 Å². The van der Waals surface area contributed by atoms with Crippen LogP contribution in [0.3, 0.4) is 0 Å². The highest BCUT2D eigenvalue weighted by Gasteiger charge is 2.28. The summed E-state index contributed by atoms with van der Waals surface area (Å²) in [5.74, 6) is 0.730. The van der Waals surface area contributed by atoms with Gasteiger partial charge in [-0.3, -0.25) is 14.2 Å². The second-order valence-electron chi connectivity index (χ2n) is 6.60. The third-order valence-electron chi connectivity index (χ3n) is 4.73. The Labute approximate surface area is 158 Å². The maximum Gasteiger partial charge on any atom is 0.257 e. The van der Waals surface area contributed by atoms with Gasteiger partial charge in [-0.2, -0.15) is 0 Å². The molecule has 1 aliphatic heterocycles. The maximum atomic E-state index is 12.7. The molecule has 0 saturated carbocycles. The molecule has 1 atom stereocenters. The average molecular weight is 372 g/mol. The Morgan fingerprint density at radius 2 is 2.12 bits per heavy atom. The number of nitrogens with one attached hydrogen (secondary N) is 1. The van der Waals surface area contributed by atoms with Gasteiger partial charge in [-0.25, -0.2) is 4.98 Å².